The normalized spacial score (nSPS) is 36.5. The Morgan fingerprint density at radius 2 is 1.94 bits per heavy atom. The number of carbonyl (C=O) groups is 1. The van der Waals surface area contributed by atoms with Crippen molar-refractivity contribution in [2.45, 2.75) is 46.2 Å². The number of halogens is 1. The molecule has 0 aromatic carbocycles. The Morgan fingerprint density at radius 3 is 2.44 bits per heavy atom. The van der Waals surface area contributed by atoms with Gasteiger partial charge in [0.15, 0.2) is 0 Å². The Hall–Kier alpha value is -0.280. The fraction of sp³-hybridized carbons (Fsp3) is 0.917. The minimum Gasteiger partial charge on any atom is -0.337 e. The van der Waals surface area contributed by atoms with Crippen LogP contribution >= 0.6 is 12.4 Å². The summed E-state index contributed by atoms with van der Waals surface area (Å²) >= 11 is 0. The number of nitrogens with zero attached hydrogens (tertiary/aromatic N) is 1. The van der Waals surface area contributed by atoms with Crippen molar-refractivity contribution in [2.75, 3.05) is 13.1 Å². The van der Waals surface area contributed by atoms with Crippen LogP contribution in [0.15, 0.2) is 0 Å². The molecule has 3 nitrogen and oxygen atoms in total. The SMILES string of the molecule is CC1CN(C(=O)[C@H]2CC2(C)C)C(C)CN1.Cl. The molecule has 0 aromatic rings. The van der Waals surface area contributed by atoms with Gasteiger partial charge in [0.05, 0.1) is 0 Å². The van der Waals surface area contributed by atoms with Crippen molar-refractivity contribution in [3.8, 4) is 0 Å². The van der Waals surface area contributed by atoms with Crippen LogP contribution in [0, 0.1) is 11.3 Å². The number of amides is 1. The van der Waals surface area contributed by atoms with E-state index in [0.717, 1.165) is 19.5 Å². The first-order valence-corrected chi connectivity index (χ1v) is 5.95. The molecule has 0 bridgehead atoms. The summed E-state index contributed by atoms with van der Waals surface area (Å²) in [6.07, 6.45) is 1.07. The lowest BCUT2D eigenvalue weighted by Crippen LogP contribution is -2.56. The van der Waals surface area contributed by atoms with Crippen LogP contribution in [0.1, 0.15) is 34.1 Å². The van der Waals surface area contributed by atoms with Gasteiger partial charge in [0.2, 0.25) is 5.91 Å². The molecule has 1 saturated carbocycles. The summed E-state index contributed by atoms with van der Waals surface area (Å²) in [6.45, 7) is 10.4. The van der Waals surface area contributed by atoms with Crippen LogP contribution in [0.5, 0.6) is 0 Å². The number of carbonyl (C=O) groups excluding carboxylic acids is 1. The number of hydrogen-bond acceptors (Lipinski definition) is 2. The predicted octanol–water partition coefficient (Wildman–Crippen LogP) is 1.66. The number of hydrogen-bond donors (Lipinski definition) is 1. The van der Waals surface area contributed by atoms with E-state index in [-0.39, 0.29) is 23.7 Å². The van der Waals surface area contributed by atoms with E-state index in [1.54, 1.807) is 0 Å². The molecular weight excluding hydrogens is 224 g/mol. The molecule has 1 aliphatic carbocycles. The van der Waals surface area contributed by atoms with Crippen LogP contribution in [-0.2, 0) is 4.79 Å². The van der Waals surface area contributed by atoms with E-state index in [0.29, 0.717) is 18.0 Å². The van der Waals surface area contributed by atoms with Crippen molar-refractivity contribution in [1.29, 1.82) is 0 Å². The first kappa shape index (κ1) is 13.8. The van der Waals surface area contributed by atoms with Crippen molar-refractivity contribution >= 4 is 18.3 Å². The third-order valence-corrected chi connectivity index (χ3v) is 3.86. The Morgan fingerprint density at radius 1 is 1.38 bits per heavy atom. The highest BCUT2D eigenvalue weighted by Crippen LogP contribution is 2.52. The van der Waals surface area contributed by atoms with Crippen molar-refractivity contribution < 1.29 is 4.79 Å². The molecule has 2 fully saturated rings. The molecule has 1 heterocycles. The average molecular weight is 247 g/mol. The minimum absolute atomic E-state index is 0. The highest BCUT2D eigenvalue weighted by atomic mass is 35.5. The maximum absolute atomic E-state index is 12.2. The van der Waals surface area contributed by atoms with Gasteiger partial charge in [0.1, 0.15) is 0 Å². The van der Waals surface area contributed by atoms with E-state index in [1.165, 1.54) is 0 Å². The van der Waals surface area contributed by atoms with E-state index in [4.69, 9.17) is 0 Å². The lowest BCUT2D eigenvalue weighted by atomic mass is 10.1. The van der Waals surface area contributed by atoms with Crippen LogP contribution in [0.25, 0.3) is 0 Å². The molecule has 1 aliphatic heterocycles. The molecule has 0 spiro atoms. The van der Waals surface area contributed by atoms with Gasteiger partial charge >= 0.3 is 0 Å². The summed E-state index contributed by atoms with van der Waals surface area (Å²) in [7, 11) is 0. The fourth-order valence-electron chi connectivity index (χ4n) is 2.42. The Labute approximate surface area is 104 Å². The number of piperazine rings is 1. The summed E-state index contributed by atoms with van der Waals surface area (Å²) in [5.41, 5.74) is 0.255. The third kappa shape index (κ3) is 2.51. The number of nitrogens with one attached hydrogen (secondary N) is 1. The monoisotopic (exact) mass is 246 g/mol. The summed E-state index contributed by atoms with van der Waals surface area (Å²) in [4.78, 5) is 14.3. The van der Waals surface area contributed by atoms with Crippen molar-refractivity contribution in [2.24, 2.45) is 11.3 Å². The van der Waals surface area contributed by atoms with Crippen LogP contribution in [-0.4, -0.2) is 36.0 Å². The molecule has 1 amide bonds. The third-order valence-electron chi connectivity index (χ3n) is 3.86. The van der Waals surface area contributed by atoms with Crippen LogP contribution in [0.2, 0.25) is 0 Å². The van der Waals surface area contributed by atoms with Gasteiger partial charge in [-0.3, -0.25) is 4.79 Å². The van der Waals surface area contributed by atoms with Crippen molar-refractivity contribution in [1.82, 2.24) is 10.2 Å². The maximum Gasteiger partial charge on any atom is 0.226 e. The molecular formula is C12H23ClN2O. The quantitative estimate of drug-likeness (QED) is 0.763. The first-order valence-electron chi connectivity index (χ1n) is 5.95. The maximum atomic E-state index is 12.2. The van der Waals surface area contributed by atoms with E-state index in [2.05, 4.69) is 37.9 Å². The fourth-order valence-corrected chi connectivity index (χ4v) is 2.42. The lowest BCUT2D eigenvalue weighted by Gasteiger charge is -2.38. The molecule has 3 atom stereocenters. The second-order valence-corrected chi connectivity index (χ2v) is 5.89. The summed E-state index contributed by atoms with van der Waals surface area (Å²) in [5.74, 6) is 0.658. The predicted molar refractivity (Wildman–Crippen MR) is 67.8 cm³/mol. The van der Waals surface area contributed by atoms with E-state index >= 15 is 0 Å². The Kier molecular flexibility index (Phi) is 3.91. The summed E-state index contributed by atoms with van der Waals surface area (Å²) in [5, 5.41) is 3.40. The van der Waals surface area contributed by atoms with Crippen LogP contribution in [0.4, 0.5) is 0 Å². The average Bonchev–Trinajstić information content (AvgIpc) is 2.78. The summed E-state index contributed by atoms with van der Waals surface area (Å²) < 4.78 is 0. The molecule has 1 N–H and O–H groups in total. The van der Waals surface area contributed by atoms with Gasteiger partial charge in [0.25, 0.3) is 0 Å². The molecule has 2 aliphatic rings. The first-order chi connectivity index (χ1) is 6.92. The Bertz CT molecular complexity index is 280. The van der Waals surface area contributed by atoms with Gasteiger partial charge < -0.3 is 10.2 Å². The number of rotatable bonds is 1. The van der Waals surface area contributed by atoms with Gasteiger partial charge in [-0.05, 0) is 25.7 Å². The molecule has 0 aromatic heterocycles. The summed E-state index contributed by atoms with van der Waals surface area (Å²) in [6, 6.07) is 0.789. The zero-order chi connectivity index (χ0) is 11.2. The lowest BCUT2D eigenvalue weighted by molar-refractivity contribution is -0.136. The molecule has 1 saturated heterocycles. The smallest absolute Gasteiger partial charge is 0.226 e. The van der Waals surface area contributed by atoms with Gasteiger partial charge in [-0.1, -0.05) is 13.8 Å². The molecule has 2 rings (SSSR count). The second-order valence-electron chi connectivity index (χ2n) is 5.89. The van der Waals surface area contributed by atoms with Crippen LogP contribution in [0.3, 0.4) is 0 Å². The molecule has 2 unspecified atom stereocenters. The van der Waals surface area contributed by atoms with Crippen molar-refractivity contribution in [3.63, 3.8) is 0 Å². The van der Waals surface area contributed by atoms with Crippen LogP contribution < -0.4 is 5.32 Å². The molecule has 0 radical (unpaired) electrons. The van der Waals surface area contributed by atoms with E-state index in [1.807, 2.05) is 0 Å². The Balaban J connectivity index is 0.00000128. The van der Waals surface area contributed by atoms with E-state index < -0.39 is 0 Å². The van der Waals surface area contributed by atoms with Gasteiger partial charge in [-0.2, -0.15) is 0 Å². The van der Waals surface area contributed by atoms with Gasteiger partial charge in [0, 0.05) is 31.1 Å². The molecule has 16 heavy (non-hydrogen) atoms. The zero-order valence-corrected chi connectivity index (χ0v) is 11.4. The highest BCUT2D eigenvalue weighted by molar-refractivity contribution is 5.85. The van der Waals surface area contributed by atoms with Gasteiger partial charge in [-0.25, -0.2) is 0 Å². The van der Waals surface area contributed by atoms with Gasteiger partial charge in [-0.15, -0.1) is 12.4 Å². The van der Waals surface area contributed by atoms with E-state index in [9.17, 15) is 4.79 Å². The largest absolute Gasteiger partial charge is 0.337 e. The topological polar surface area (TPSA) is 32.3 Å². The standard InChI is InChI=1S/C12H22N2O.ClH/c1-8-7-14(9(2)6-13-8)11(15)10-5-12(10,3)4;/h8-10,13H,5-7H2,1-4H3;1H/t8?,9?,10-;/m1./s1. The highest BCUT2D eigenvalue weighted by Gasteiger charge is 2.52. The molecule has 94 valence electrons. The zero-order valence-electron chi connectivity index (χ0n) is 10.6. The second kappa shape index (κ2) is 4.53. The minimum atomic E-state index is 0. The molecule has 4 heteroatoms. The van der Waals surface area contributed by atoms with Crippen molar-refractivity contribution in [3.05, 3.63) is 0 Å².